The molecule has 0 aliphatic rings. The highest BCUT2D eigenvalue weighted by Gasteiger charge is 2.15. The number of carbonyl (C=O) groups excluding carboxylic acids is 2. The first-order valence-corrected chi connectivity index (χ1v) is 11.8. The Morgan fingerprint density at radius 1 is 0.474 bits per heavy atom. The molecule has 0 atom stereocenters. The van der Waals surface area contributed by atoms with E-state index >= 15 is 0 Å². The lowest BCUT2D eigenvalue weighted by Gasteiger charge is -2.11. The van der Waals surface area contributed by atoms with Gasteiger partial charge in [0.15, 0.2) is 0 Å². The van der Waals surface area contributed by atoms with E-state index < -0.39 is 11.9 Å². The van der Waals surface area contributed by atoms with E-state index in [1.54, 1.807) is 36.4 Å². The van der Waals surface area contributed by atoms with Crippen LogP contribution in [0.5, 0.6) is 0 Å². The Bertz CT molecular complexity index is 1540. The van der Waals surface area contributed by atoms with Gasteiger partial charge in [0.2, 0.25) is 0 Å². The van der Waals surface area contributed by atoms with Gasteiger partial charge in [-0.05, 0) is 58.7 Å². The summed E-state index contributed by atoms with van der Waals surface area (Å²) in [7, 11) is 2.62. The minimum atomic E-state index is -0.535. The van der Waals surface area contributed by atoms with Gasteiger partial charge in [-0.2, -0.15) is 0 Å². The largest absolute Gasteiger partial charge is 0.464 e. The molecule has 0 amide bonds. The number of benzene rings is 2. The van der Waals surface area contributed by atoms with Crippen LogP contribution >= 0.6 is 0 Å². The molecular weight excluding hydrogens is 478 g/mol. The summed E-state index contributed by atoms with van der Waals surface area (Å²) in [5, 5.41) is 0. The van der Waals surface area contributed by atoms with Crippen LogP contribution in [0, 0.1) is 0 Å². The van der Waals surface area contributed by atoms with Crippen LogP contribution in [0.1, 0.15) is 21.0 Å². The SMILES string of the molecule is COC(=O)c1cccc(-c2cc(-c3ccc(-c4ccccc4)cc3)cc(-c3cccc(C(=O)OC)n3)n2)n1. The Morgan fingerprint density at radius 3 is 1.39 bits per heavy atom. The molecule has 0 fully saturated rings. The molecule has 7 nitrogen and oxygen atoms in total. The lowest BCUT2D eigenvalue weighted by molar-refractivity contribution is 0.0585. The average Bonchev–Trinajstić information content (AvgIpc) is 3.00. The van der Waals surface area contributed by atoms with E-state index in [4.69, 9.17) is 14.5 Å². The molecule has 0 spiro atoms. The van der Waals surface area contributed by atoms with Crippen LogP contribution in [0.2, 0.25) is 0 Å². The van der Waals surface area contributed by atoms with Crippen molar-refractivity contribution in [2.24, 2.45) is 0 Å². The summed E-state index contributed by atoms with van der Waals surface area (Å²) in [5.74, 6) is -1.07. The lowest BCUT2D eigenvalue weighted by Crippen LogP contribution is -2.06. The van der Waals surface area contributed by atoms with Gasteiger partial charge in [0.05, 0.1) is 37.0 Å². The monoisotopic (exact) mass is 501 g/mol. The summed E-state index contributed by atoms with van der Waals surface area (Å²) < 4.78 is 9.66. The number of pyridine rings is 3. The molecule has 186 valence electrons. The van der Waals surface area contributed by atoms with Crippen molar-refractivity contribution in [2.45, 2.75) is 0 Å². The fraction of sp³-hybridized carbons (Fsp3) is 0.0645. The standard InChI is InChI=1S/C31H23N3O4/c1-37-30(35)26-12-6-10-24(32-26)28-18-23(22-16-14-21(15-17-22)20-8-4-3-5-9-20)19-29(34-28)25-11-7-13-27(33-25)31(36)38-2/h3-19H,1-2H3. The van der Waals surface area contributed by atoms with E-state index in [2.05, 4.69) is 34.2 Å². The number of nitrogens with zero attached hydrogens (tertiary/aromatic N) is 3. The van der Waals surface area contributed by atoms with E-state index in [-0.39, 0.29) is 11.4 Å². The molecule has 0 unspecified atom stereocenters. The molecule has 0 aliphatic heterocycles. The molecule has 3 heterocycles. The molecule has 38 heavy (non-hydrogen) atoms. The van der Waals surface area contributed by atoms with Gasteiger partial charge in [0.1, 0.15) is 11.4 Å². The minimum absolute atomic E-state index is 0.178. The van der Waals surface area contributed by atoms with Gasteiger partial charge in [-0.3, -0.25) is 0 Å². The molecule has 5 aromatic rings. The fourth-order valence-corrected chi connectivity index (χ4v) is 4.04. The molecule has 3 aromatic heterocycles. The summed E-state index contributed by atoms with van der Waals surface area (Å²) in [5.41, 5.74) is 6.51. The maximum Gasteiger partial charge on any atom is 0.356 e. The van der Waals surface area contributed by atoms with Crippen LogP contribution in [-0.2, 0) is 9.47 Å². The van der Waals surface area contributed by atoms with Crippen LogP contribution in [0.4, 0.5) is 0 Å². The Hall–Kier alpha value is -5.17. The van der Waals surface area contributed by atoms with E-state index in [0.29, 0.717) is 22.8 Å². The summed E-state index contributed by atoms with van der Waals surface area (Å²) in [6, 6.07) is 32.4. The second-order valence-electron chi connectivity index (χ2n) is 8.37. The highest BCUT2D eigenvalue weighted by molar-refractivity contribution is 5.89. The average molecular weight is 502 g/mol. The van der Waals surface area contributed by atoms with Crippen LogP contribution < -0.4 is 0 Å². The molecule has 5 rings (SSSR count). The fourth-order valence-electron chi connectivity index (χ4n) is 4.04. The molecule has 0 bridgehead atoms. The molecule has 0 saturated carbocycles. The Kier molecular flexibility index (Phi) is 6.99. The third-order valence-corrected chi connectivity index (χ3v) is 5.96. The first kappa shape index (κ1) is 24.5. The highest BCUT2D eigenvalue weighted by Crippen LogP contribution is 2.31. The third kappa shape index (κ3) is 5.17. The number of esters is 2. The number of aromatic nitrogens is 3. The van der Waals surface area contributed by atoms with Gasteiger partial charge in [-0.15, -0.1) is 0 Å². The summed E-state index contributed by atoms with van der Waals surface area (Å²) in [6.07, 6.45) is 0. The first-order valence-electron chi connectivity index (χ1n) is 11.8. The zero-order valence-electron chi connectivity index (χ0n) is 20.8. The van der Waals surface area contributed by atoms with Crippen molar-refractivity contribution in [3.8, 4) is 45.0 Å². The number of hydrogen-bond acceptors (Lipinski definition) is 7. The molecule has 7 heteroatoms. The molecule has 2 aromatic carbocycles. The van der Waals surface area contributed by atoms with Crippen molar-refractivity contribution in [1.29, 1.82) is 0 Å². The zero-order chi connectivity index (χ0) is 26.5. The second-order valence-corrected chi connectivity index (χ2v) is 8.37. The van der Waals surface area contributed by atoms with Gasteiger partial charge in [-0.25, -0.2) is 24.5 Å². The number of ether oxygens (including phenoxy) is 2. The van der Waals surface area contributed by atoms with Gasteiger partial charge in [0, 0.05) is 0 Å². The maximum atomic E-state index is 12.1. The maximum absolute atomic E-state index is 12.1. The normalized spacial score (nSPS) is 10.6. The molecule has 0 saturated heterocycles. The Balaban J connectivity index is 1.63. The number of hydrogen-bond donors (Lipinski definition) is 0. The molecule has 0 radical (unpaired) electrons. The van der Waals surface area contributed by atoms with Crippen LogP contribution in [0.3, 0.4) is 0 Å². The van der Waals surface area contributed by atoms with E-state index in [1.165, 1.54) is 14.2 Å². The van der Waals surface area contributed by atoms with Crippen molar-refractivity contribution in [2.75, 3.05) is 14.2 Å². The third-order valence-electron chi connectivity index (χ3n) is 5.96. The lowest BCUT2D eigenvalue weighted by atomic mass is 9.99. The Labute approximate surface area is 219 Å². The van der Waals surface area contributed by atoms with Gasteiger partial charge in [-0.1, -0.05) is 66.7 Å². The van der Waals surface area contributed by atoms with E-state index in [9.17, 15) is 9.59 Å². The van der Waals surface area contributed by atoms with Crippen LogP contribution in [-0.4, -0.2) is 41.1 Å². The number of methoxy groups -OCH3 is 2. The second kappa shape index (κ2) is 10.8. The summed E-state index contributed by atoms with van der Waals surface area (Å²) >= 11 is 0. The van der Waals surface area contributed by atoms with E-state index in [0.717, 1.165) is 22.3 Å². The number of carbonyl (C=O) groups is 2. The number of rotatable bonds is 6. The Morgan fingerprint density at radius 2 is 0.921 bits per heavy atom. The van der Waals surface area contributed by atoms with Gasteiger partial charge < -0.3 is 9.47 Å². The van der Waals surface area contributed by atoms with Crippen LogP contribution in [0.15, 0.2) is 103 Å². The molecule has 0 N–H and O–H groups in total. The zero-order valence-corrected chi connectivity index (χ0v) is 20.8. The smallest absolute Gasteiger partial charge is 0.356 e. The highest BCUT2D eigenvalue weighted by atomic mass is 16.5. The summed E-state index contributed by atoms with van der Waals surface area (Å²) in [4.78, 5) is 37.9. The van der Waals surface area contributed by atoms with Crippen molar-refractivity contribution in [1.82, 2.24) is 15.0 Å². The summed E-state index contributed by atoms with van der Waals surface area (Å²) in [6.45, 7) is 0. The van der Waals surface area contributed by atoms with Crippen molar-refractivity contribution in [3.05, 3.63) is 115 Å². The van der Waals surface area contributed by atoms with Crippen molar-refractivity contribution in [3.63, 3.8) is 0 Å². The van der Waals surface area contributed by atoms with Gasteiger partial charge >= 0.3 is 11.9 Å². The van der Waals surface area contributed by atoms with Crippen molar-refractivity contribution < 1.29 is 19.1 Å². The molecular formula is C31H23N3O4. The van der Waals surface area contributed by atoms with Crippen LogP contribution in [0.25, 0.3) is 45.0 Å². The van der Waals surface area contributed by atoms with Crippen molar-refractivity contribution >= 4 is 11.9 Å². The predicted octanol–water partition coefficient (Wildman–Crippen LogP) is 6.11. The van der Waals surface area contributed by atoms with E-state index in [1.807, 2.05) is 42.5 Å². The van der Waals surface area contributed by atoms with Gasteiger partial charge in [0.25, 0.3) is 0 Å². The quantitative estimate of drug-likeness (QED) is 0.259. The topological polar surface area (TPSA) is 91.3 Å². The molecule has 0 aliphatic carbocycles. The minimum Gasteiger partial charge on any atom is -0.464 e. The predicted molar refractivity (Wildman–Crippen MR) is 144 cm³/mol. The first-order chi connectivity index (χ1) is 18.6.